The lowest BCUT2D eigenvalue weighted by Crippen LogP contribution is -2.51. The number of hydrogen-bond acceptors (Lipinski definition) is 4. The zero-order valence-electron chi connectivity index (χ0n) is 17.5. The van der Waals surface area contributed by atoms with Crippen molar-refractivity contribution in [3.63, 3.8) is 0 Å². The van der Waals surface area contributed by atoms with Gasteiger partial charge in [-0.2, -0.15) is 0 Å². The van der Waals surface area contributed by atoms with Gasteiger partial charge in [-0.15, -0.1) is 0 Å². The van der Waals surface area contributed by atoms with Crippen molar-refractivity contribution in [1.82, 2.24) is 14.8 Å². The molecule has 0 N–H and O–H groups in total. The molecule has 2 aromatic carbocycles. The van der Waals surface area contributed by atoms with E-state index < -0.39 is 5.82 Å². The van der Waals surface area contributed by atoms with Crippen LogP contribution < -0.4 is 0 Å². The van der Waals surface area contributed by atoms with Crippen LogP contribution in [-0.4, -0.2) is 52.8 Å². The molecule has 1 fully saturated rings. The van der Waals surface area contributed by atoms with Crippen molar-refractivity contribution in [1.29, 1.82) is 0 Å². The molecule has 4 rings (SSSR count). The van der Waals surface area contributed by atoms with E-state index in [4.69, 9.17) is 4.42 Å². The molecule has 6 nitrogen and oxygen atoms in total. The van der Waals surface area contributed by atoms with Crippen molar-refractivity contribution < 1.29 is 18.4 Å². The fraction of sp³-hybridized carbons (Fsp3) is 0.292. The minimum Gasteiger partial charge on any atom is -0.436 e. The quantitative estimate of drug-likeness (QED) is 0.637. The highest BCUT2D eigenvalue weighted by Crippen LogP contribution is 2.30. The fourth-order valence-corrected chi connectivity index (χ4v) is 3.71. The summed E-state index contributed by atoms with van der Waals surface area (Å²) in [5, 5.41) is 0. The Morgan fingerprint density at radius 2 is 1.55 bits per heavy atom. The number of nitrogens with zero attached hydrogens (tertiary/aromatic N) is 3. The molecule has 1 saturated heterocycles. The number of oxazole rings is 1. The van der Waals surface area contributed by atoms with Gasteiger partial charge >= 0.3 is 0 Å². The van der Waals surface area contributed by atoms with Crippen LogP contribution in [0.2, 0.25) is 0 Å². The standard InChI is InChI=1S/C24H24FN3O3/c1-16(2)23(29)27-11-13-28(14-12-27)24(30)18-8-4-3-7-17(18)22-26-15-21(31-22)19-9-5-6-10-20(19)25/h3-10,15-16H,11-14H2,1-2H3. The number of piperazine rings is 1. The Kier molecular flexibility index (Phi) is 5.84. The Labute approximate surface area is 180 Å². The summed E-state index contributed by atoms with van der Waals surface area (Å²) in [5.74, 6) is 0.0675. The molecule has 31 heavy (non-hydrogen) atoms. The third-order valence-corrected chi connectivity index (χ3v) is 5.41. The molecule has 2 amide bonds. The van der Waals surface area contributed by atoms with Gasteiger partial charge in [-0.05, 0) is 24.3 Å². The minimum atomic E-state index is -0.400. The Morgan fingerprint density at radius 3 is 2.23 bits per heavy atom. The van der Waals surface area contributed by atoms with Crippen LogP contribution in [0.1, 0.15) is 24.2 Å². The van der Waals surface area contributed by atoms with E-state index in [1.807, 2.05) is 13.8 Å². The van der Waals surface area contributed by atoms with Gasteiger partial charge in [-0.3, -0.25) is 9.59 Å². The largest absolute Gasteiger partial charge is 0.436 e. The average molecular weight is 421 g/mol. The van der Waals surface area contributed by atoms with Crippen LogP contribution in [0.15, 0.2) is 59.1 Å². The molecule has 0 radical (unpaired) electrons. The predicted molar refractivity (Wildman–Crippen MR) is 115 cm³/mol. The van der Waals surface area contributed by atoms with Gasteiger partial charge in [0.25, 0.3) is 5.91 Å². The smallest absolute Gasteiger partial charge is 0.254 e. The highest BCUT2D eigenvalue weighted by molar-refractivity contribution is 6.00. The van der Waals surface area contributed by atoms with E-state index in [2.05, 4.69) is 4.98 Å². The highest BCUT2D eigenvalue weighted by Gasteiger charge is 2.28. The summed E-state index contributed by atoms with van der Waals surface area (Å²) in [5.41, 5.74) is 1.33. The van der Waals surface area contributed by atoms with E-state index in [1.54, 1.807) is 52.3 Å². The average Bonchev–Trinajstić information content (AvgIpc) is 3.28. The van der Waals surface area contributed by atoms with Gasteiger partial charge in [0.1, 0.15) is 5.82 Å². The Hall–Kier alpha value is -3.48. The molecule has 1 aliphatic rings. The molecule has 1 aromatic heterocycles. The van der Waals surface area contributed by atoms with Crippen molar-refractivity contribution in [2.45, 2.75) is 13.8 Å². The van der Waals surface area contributed by atoms with Gasteiger partial charge in [-0.25, -0.2) is 9.37 Å². The van der Waals surface area contributed by atoms with Crippen LogP contribution in [0.4, 0.5) is 4.39 Å². The van der Waals surface area contributed by atoms with E-state index in [1.165, 1.54) is 12.3 Å². The molecule has 0 saturated carbocycles. The third-order valence-electron chi connectivity index (χ3n) is 5.41. The lowest BCUT2D eigenvalue weighted by atomic mass is 10.1. The minimum absolute atomic E-state index is 0.0587. The number of carbonyl (C=O) groups is 2. The maximum Gasteiger partial charge on any atom is 0.254 e. The monoisotopic (exact) mass is 421 g/mol. The molecular formula is C24H24FN3O3. The van der Waals surface area contributed by atoms with Gasteiger partial charge in [0.15, 0.2) is 5.76 Å². The summed E-state index contributed by atoms with van der Waals surface area (Å²) in [6.07, 6.45) is 1.46. The zero-order chi connectivity index (χ0) is 22.0. The molecule has 2 heterocycles. The first kappa shape index (κ1) is 20.8. The summed E-state index contributed by atoms with van der Waals surface area (Å²) in [4.78, 5) is 33.3. The number of hydrogen-bond donors (Lipinski definition) is 0. The number of carbonyl (C=O) groups excluding carboxylic acids is 2. The molecule has 0 aliphatic carbocycles. The van der Waals surface area contributed by atoms with Crippen LogP contribution in [0, 0.1) is 11.7 Å². The zero-order valence-corrected chi connectivity index (χ0v) is 17.5. The molecule has 0 bridgehead atoms. The van der Waals surface area contributed by atoms with E-state index in [0.29, 0.717) is 48.6 Å². The molecule has 0 spiro atoms. The number of benzene rings is 2. The Bertz CT molecular complexity index is 1100. The summed E-state index contributed by atoms with van der Waals surface area (Å²) in [6.45, 7) is 5.72. The van der Waals surface area contributed by atoms with E-state index in [-0.39, 0.29) is 23.6 Å². The van der Waals surface area contributed by atoms with Crippen LogP contribution in [0.5, 0.6) is 0 Å². The first-order valence-electron chi connectivity index (χ1n) is 10.3. The van der Waals surface area contributed by atoms with Crippen LogP contribution in [-0.2, 0) is 4.79 Å². The van der Waals surface area contributed by atoms with Crippen molar-refractivity contribution in [2.75, 3.05) is 26.2 Å². The van der Waals surface area contributed by atoms with E-state index >= 15 is 0 Å². The molecule has 0 unspecified atom stereocenters. The predicted octanol–water partition coefficient (Wildman–Crippen LogP) is 4.09. The summed E-state index contributed by atoms with van der Waals surface area (Å²) in [6, 6.07) is 13.4. The topological polar surface area (TPSA) is 66.7 Å². The summed E-state index contributed by atoms with van der Waals surface area (Å²) in [7, 11) is 0. The molecule has 160 valence electrons. The van der Waals surface area contributed by atoms with Crippen molar-refractivity contribution in [3.8, 4) is 22.8 Å². The van der Waals surface area contributed by atoms with Crippen LogP contribution >= 0.6 is 0 Å². The maximum absolute atomic E-state index is 14.1. The Balaban J connectivity index is 1.55. The highest BCUT2D eigenvalue weighted by atomic mass is 19.1. The third kappa shape index (κ3) is 4.21. The molecule has 1 aliphatic heterocycles. The maximum atomic E-state index is 14.1. The van der Waals surface area contributed by atoms with Crippen molar-refractivity contribution in [2.24, 2.45) is 5.92 Å². The second-order valence-electron chi connectivity index (χ2n) is 7.83. The normalized spacial score (nSPS) is 14.2. The second kappa shape index (κ2) is 8.71. The SMILES string of the molecule is CC(C)C(=O)N1CCN(C(=O)c2ccccc2-c2ncc(-c3ccccc3F)o2)CC1. The molecule has 7 heteroatoms. The van der Waals surface area contributed by atoms with Crippen molar-refractivity contribution >= 4 is 11.8 Å². The molecular weight excluding hydrogens is 397 g/mol. The van der Waals surface area contributed by atoms with Crippen molar-refractivity contribution in [3.05, 3.63) is 66.1 Å². The van der Waals surface area contributed by atoms with Crippen LogP contribution in [0.25, 0.3) is 22.8 Å². The molecule has 0 atom stereocenters. The molecule has 3 aromatic rings. The lowest BCUT2D eigenvalue weighted by molar-refractivity contribution is -0.135. The second-order valence-corrected chi connectivity index (χ2v) is 7.83. The first-order valence-corrected chi connectivity index (χ1v) is 10.3. The number of amides is 2. The van der Waals surface area contributed by atoms with Gasteiger partial charge in [0.2, 0.25) is 11.8 Å². The number of aromatic nitrogens is 1. The number of rotatable bonds is 4. The summed E-state index contributed by atoms with van der Waals surface area (Å²) < 4.78 is 19.9. The van der Waals surface area contributed by atoms with Gasteiger partial charge in [0, 0.05) is 37.7 Å². The van der Waals surface area contributed by atoms with E-state index in [0.717, 1.165) is 0 Å². The Morgan fingerprint density at radius 1 is 0.935 bits per heavy atom. The van der Waals surface area contributed by atoms with Gasteiger partial charge < -0.3 is 14.2 Å². The summed E-state index contributed by atoms with van der Waals surface area (Å²) >= 11 is 0. The van der Waals surface area contributed by atoms with E-state index in [9.17, 15) is 14.0 Å². The fourth-order valence-electron chi connectivity index (χ4n) is 3.71. The lowest BCUT2D eigenvalue weighted by Gasteiger charge is -2.35. The van der Waals surface area contributed by atoms with Gasteiger partial charge in [-0.1, -0.05) is 38.1 Å². The van der Waals surface area contributed by atoms with Gasteiger partial charge in [0.05, 0.1) is 17.3 Å². The number of halogens is 1. The van der Waals surface area contributed by atoms with Crippen LogP contribution in [0.3, 0.4) is 0 Å². The first-order chi connectivity index (χ1) is 15.0.